The minimum atomic E-state index is -5.08. The summed E-state index contributed by atoms with van der Waals surface area (Å²) in [5.41, 5.74) is 7.41. The number of nitrogen functional groups attached to an aromatic ring is 1. The highest BCUT2D eigenvalue weighted by Crippen LogP contribution is 2.30. The van der Waals surface area contributed by atoms with Crippen molar-refractivity contribution in [1.82, 2.24) is 9.88 Å². The second kappa shape index (κ2) is 13.0. The predicted octanol–water partition coefficient (Wildman–Crippen LogP) is 4.39. The van der Waals surface area contributed by atoms with Crippen molar-refractivity contribution in [2.45, 2.75) is 38.6 Å². The Labute approximate surface area is 234 Å². The molecule has 1 amide bonds. The molecule has 0 aliphatic carbocycles. The van der Waals surface area contributed by atoms with E-state index < -0.39 is 35.1 Å². The fourth-order valence-electron chi connectivity index (χ4n) is 3.94. The number of benzene rings is 2. The molecule has 1 fully saturated rings. The van der Waals surface area contributed by atoms with Gasteiger partial charge in [-0.2, -0.15) is 13.2 Å². The van der Waals surface area contributed by atoms with Gasteiger partial charge in [0.1, 0.15) is 22.3 Å². The molecule has 1 saturated heterocycles. The van der Waals surface area contributed by atoms with E-state index in [1.165, 1.54) is 6.07 Å². The number of aryl methyl sites for hydroxylation is 1. The third-order valence-corrected chi connectivity index (χ3v) is 7.17. The highest BCUT2D eigenvalue weighted by molar-refractivity contribution is 7.18. The van der Waals surface area contributed by atoms with Crippen molar-refractivity contribution in [2.75, 3.05) is 24.1 Å². The lowest BCUT2D eigenvalue weighted by atomic mass is 10.0. The number of hydrogen-bond donors (Lipinski definition) is 4. The van der Waals surface area contributed by atoms with E-state index in [2.05, 4.69) is 10.3 Å². The zero-order chi connectivity index (χ0) is 30.5. The smallest absolute Gasteiger partial charge is 0.475 e. The summed E-state index contributed by atoms with van der Waals surface area (Å²) in [5.74, 6) is -5.70. The number of carboxylic acids is 1. The van der Waals surface area contributed by atoms with Crippen LogP contribution in [0.1, 0.15) is 49.6 Å². The van der Waals surface area contributed by atoms with Crippen LogP contribution in [-0.4, -0.2) is 63.1 Å². The van der Waals surface area contributed by atoms with Gasteiger partial charge in [-0.15, -0.1) is 0 Å². The number of anilines is 2. The second-order valence-electron chi connectivity index (χ2n) is 8.97. The molecule has 3 aromatic rings. The number of likely N-dealkylation sites (tertiary alicyclic amines) is 1. The molecule has 4 rings (SSSR count). The average molecular weight is 601 g/mol. The molecule has 1 aliphatic rings. The number of aliphatic hydroxyl groups is 1. The number of carboxylic acid groups (broad SMARTS) is 1. The van der Waals surface area contributed by atoms with Crippen LogP contribution in [0, 0.1) is 18.6 Å². The molecule has 2 aromatic carbocycles. The summed E-state index contributed by atoms with van der Waals surface area (Å²) in [5, 5.41) is 20.2. The standard InChI is InChI=1S/C24H24F2N4O3S.C2HF3O2/c1-13-5-6-14(11-15(13)12-31)23(33)30-9-7-16(8-10-30)28-24-29-22(27)21(34-24)20(32)19-17(25)3-2-4-18(19)26;3-2(4,5)1(6)7/h2-6,11,16,31H,7-10,12,27H2,1H3,(H,28,29);(H,6,7). The van der Waals surface area contributed by atoms with Crippen LogP contribution in [0.15, 0.2) is 36.4 Å². The molecule has 41 heavy (non-hydrogen) atoms. The third-order valence-electron chi connectivity index (χ3n) is 6.17. The van der Waals surface area contributed by atoms with Crippen LogP contribution in [0.4, 0.5) is 32.9 Å². The number of amides is 1. The molecular weight excluding hydrogens is 575 g/mol. The van der Waals surface area contributed by atoms with E-state index in [-0.39, 0.29) is 29.3 Å². The number of piperidine rings is 1. The highest BCUT2D eigenvalue weighted by Gasteiger charge is 2.38. The lowest BCUT2D eigenvalue weighted by Crippen LogP contribution is -2.42. The van der Waals surface area contributed by atoms with Crippen LogP contribution in [0.2, 0.25) is 0 Å². The van der Waals surface area contributed by atoms with Crippen molar-refractivity contribution in [3.8, 4) is 0 Å². The summed E-state index contributed by atoms with van der Waals surface area (Å²) >= 11 is 0.949. The second-order valence-corrected chi connectivity index (χ2v) is 9.97. The largest absolute Gasteiger partial charge is 0.490 e. The van der Waals surface area contributed by atoms with Crippen LogP contribution in [0.25, 0.3) is 0 Å². The lowest BCUT2D eigenvalue weighted by molar-refractivity contribution is -0.192. The number of carbonyl (C=O) groups excluding carboxylic acids is 2. The zero-order valence-corrected chi connectivity index (χ0v) is 22.3. The van der Waals surface area contributed by atoms with Crippen LogP contribution >= 0.6 is 11.3 Å². The molecule has 220 valence electrons. The molecule has 0 atom stereocenters. The number of thiazole rings is 1. The normalized spacial score (nSPS) is 13.8. The van der Waals surface area contributed by atoms with Gasteiger partial charge in [0.25, 0.3) is 5.91 Å². The summed E-state index contributed by atoms with van der Waals surface area (Å²) in [7, 11) is 0. The summed E-state index contributed by atoms with van der Waals surface area (Å²) in [4.78, 5) is 40.3. The number of nitrogens with one attached hydrogen (secondary N) is 1. The fraction of sp³-hybridized carbons (Fsp3) is 0.308. The molecule has 0 unspecified atom stereocenters. The predicted molar refractivity (Wildman–Crippen MR) is 140 cm³/mol. The minimum Gasteiger partial charge on any atom is -0.475 e. The van der Waals surface area contributed by atoms with Crippen molar-refractivity contribution in [3.63, 3.8) is 0 Å². The minimum absolute atomic E-state index is 0.00577. The lowest BCUT2D eigenvalue weighted by Gasteiger charge is -2.32. The number of ketones is 1. The van der Waals surface area contributed by atoms with Crippen molar-refractivity contribution in [2.24, 2.45) is 0 Å². The molecule has 5 N–H and O–H groups in total. The van der Waals surface area contributed by atoms with E-state index in [9.17, 15) is 36.6 Å². The molecule has 1 aromatic heterocycles. The first kappa shape index (κ1) is 31.4. The number of aliphatic hydroxyl groups excluding tert-OH is 1. The number of halogens is 5. The van der Waals surface area contributed by atoms with Crippen molar-refractivity contribution < 1.29 is 46.5 Å². The number of nitrogens with zero attached hydrogens (tertiary/aromatic N) is 2. The Morgan fingerprint density at radius 2 is 1.71 bits per heavy atom. The number of hydrogen-bond acceptors (Lipinski definition) is 8. The number of aromatic nitrogens is 1. The van der Waals surface area contributed by atoms with Gasteiger partial charge in [-0.3, -0.25) is 9.59 Å². The molecule has 0 radical (unpaired) electrons. The zero-order valence-electron chi connectivity index (χ0n) is 21.5. The van der Waals surface area contributed by atoms with Crippen molar-refractivity contribution >= 4 is 39.9 Å². The van der Waals surface area contributed by atoms with Crippen LogP contribution in [0.3, 0.4) is 0 Å². The highest BCUT2D eigenvalue weighted by atomic mass is 32.1. The van der Waals surface area contributed by atoms with Crippen LogP contribution in [-0.2, 0) is 11.4 Å². The number of rotatable bonds is 6. The van der Waals surface area contributed by atoms with Gasteiger partial charge in [0.15, 0.2) is 5.13 Å². The van der Waals surface area contributed by atoms with Gasteiger partial charge in [-0.1, -0.05) is 23.5 Å². The SMILES string of the molecule is Cc1ccc(C(=O)N2CCC(Nc3nc(N)c(C(=O)c4c(F)cccc4F)s3)CC2)cc1CO.O=C(O)C(F)(F)F. The molecule has 9 nitrogen and oxygen atoms in total. The number of carbonyl (C=O) groups is 3. The number of alkyl halides is 3. The quantitative estimate of drug-likeness (QED) is 0.241. The number of aliphatic carboxylic acids is 1. The molecule has 0 spiro atoms. The summed E-state index contributed by atoms with van der Waals surface area (Å²) in [6.45, 7) is 2.80. The Hall–Kier alpha value is -4.11. The maximum Gasteiger partial charge on any atom is 0.490 e. The Balaban J connectivity index is 0.000000587. The van der Waals surface area contributed by atoms with E-state index in [4.69, 9.17) is 15.6 Å². The topological polar surface area (TPSA) is 146 Å². The number of nitrogens with two attached hydrogens (primary N) is 1. The van der Waals surface area contributed by atoms with E-state index in [0.717, 1.165) is 34.6 Å². The van der Waals surface area contributed by atoms with E-state index in [0.29, 0.717) is 36.6 Å². The van der Waals surface area contributed by atoms with E-state index in [1.54, 1.807) is 17.0 Å². The fourth-order valence-corrected chi connectivity index (χ4v) is 4.85. The molecule has 15 heteroatoms. The Morgan fingerprint density at radius 3 is 2.24 bits per heavy atom. The Bertz CT molecular complexity index is 1420. The van der Waals surface area contributed by atoms with Crippen LogP contribution in [0.5, 0.6) is 0 Å². The summed E-state index contributed by atoms with van der Waals surface area (Å²) < 4.78 is 59.7. The van der Waals surface area contributed by atoms with E-state index >= 15 is 0 Å². The molecule has 0 saturated carbocycles. The third kappa shape index (κ3) is 7.76. The van der Waals surface area contributed by atoms with Gasteiger partial charge in [0, 0.05) is 24.7 Å². The van der Waals surface area contributed by atoms with Crippen LogP contribution < -0.4 is 11.1 Å². The van der Waals surface area contributed by atoms with Gasteiger partial charge < -0.3 is 26.2 Å². The molecule has 2 heterocycles. The van der Waals surface area contributed by atoms with Gasteiger partial charge in [0.05, 0.1) is 12.2 Å². The van der Waals surface area contributed by atoms with Gasteiger partial charge in [-0.25, -0.2) is 18.6 Å². The molecule has 0 bridgehead atoms. The molecular formula is C26H25F5N4O5S. The maximum absolute atomic E-state index is 14.0. The maximum atomic E-state index is 14.0. The first-order valence-electron chi connectivity index (χ1n) is 12.0. The van der Waals surface area contributed by atoms with Crippen molar-refractivity contribution in [1.29, 1.82) is 0 Å². The van der Waals surface area contributed by atoms with Gasteiger partial charge in [-0.05, 0) is 55.2 Å². The Morgan fingerprint density at radius 1 is 1.12 bits per heavy atom. The van der Waals surface area contributed by atoms with E-state index in [1.807, 2.05) is 13.0 Å². The monoisotopic (exact) mass is 600 g/mol. The average Bonchev–Trinajstić information content (AvgIpc) is 3.28. The van der Waals surface area contributed by atoms with Gasteiger partial charge >= 0.3 is 12.1 Å². The van der Waals surface area contributed by atoms with Crippen molar-refractivity contribution in [3.05, 3.63) is 75.2 Å². The molecule has 1 aliphatic heterocycles. The Kier molecular flexibility index (Phi) is 9.99. The first-order valence-corrected chi connectivity index (χ1v) is 12.9. The first-order chi connectivity index (χ1) is 19.2. The summed E-state index contributed by atoms with van der Waals surface area (Å²) in [6, 6.07) is 8.52. The van der Waals surface area contributed by atoms with Gasteiger partial charge in [0.2, 0.25) is 5.78 Å². The summed E-state index contributed by atoms with van der Waals surface area (Å²) in [6.07, 6.45) is -3.79.